The van der Waals surface area contributed by atoms with E-state index in [0.717, 1.165) is 15.7 Å². The molecule has 0 saturated heterocycles. The number of rotatable bonds is 5. The predicted octanol–water partition coefficient (Wildman–Crippen LogP) is 3.01. The Hall–Kier alpha value is -2.19. The van der Waals surface area contributed by atoms with E-state index in [2.05, 4.69) is 0 Å². The molecule has 1 amide bonds. The number of carbonyl (C=O) groups excluding carboxylic acids is 1. The van der Waals surface area contributed by atoms with Crippen LogP contribution in [-0.2, 0) is 4.79 Å². The van der Waals surface area contributed by atoms with Gasteiger partial charge in [-0.3, -0.25) is 4.79 Å². The van der Waals surface area contributed by atoms with Crippen molar-refractivity contribution in [2.75, 3.05) is 19.3 Å². The monoisotopic (exact) mass is 300 g/mol. The summed E-state index contributed by atoms with van der Waals surface area (Å²) in [6.45, 7) is 0.451. The Kier molecular flexibility index (Phi) is 5.07. The van der Waals surface area contributed by atoms with Gasteiger partial charge in [0.15, 0.2) is 0 Å². The number of amides is 1. The van der Waals surface area contributed by atoms with Gasteiger partial charge in [0.2, 0.25) is 5.91 Å². The molecule has 2 aromatic rings. The molecule has 0 heterocycles. The van der Waals surface area contributed by atoms with Crippen LogP contribution in [0.25, 0.3) is 10.8 Å². The van der Waals surface area contributed by atoms with Crippen molar-refractivity contribution in [3.63, 3.8) is 0 Å². The second kappa shape index (κ2) is 7.00. The summed E-state index contributed by atoms with van der Waals surface area (Å²) < 4.78 is 0. The van der Waals surface area contributed by atoms with Crippen molar-refractivity contribution in [3.8, 4) is 11.8 Å². The van der Waals surface area contributed by atoms with E-state index in [1.165, 1.54) is 11.8 Å². The number of carbonyl (C=O) groups is 1. The minimum atomic E-state index is -0.00703. The maximum absolute atomic E-state index is 12.0. The van der Waals surface area contributed by atoms with Crippen LogP contribution in [0.4, 0.5) is 0 Å². The van der Waals surface area contributed by atoms with Gasteiger partial charge in [-0.25, -0.2) is 0 Å². The van der Waals surface area contributed by atoms with Gasteiger partial charge in [0.25, 0.3) is 0 Å². The zero-order valence-corrected chi connectivity index (χ0v) is 12.6. The molecular formula is C16H16N2O2S. The number of phenolic OH excluding ortho intramolecular Hbond substituents is 1. The van der Waals surface area contributed by atoms with E-state index in [1.807, 2.05) is 36.4 Å². The molecule has 2 aromatic carbocycles. The lowest BCUT2D eigenvalue weighted by atomic mass is 10.1. The van der Waals surface area contributed by atoms with Crippen LogP contribution in [-0.4, -0.2) is 35.3 Å². The van der Waals surface area contributed by atoms with Crippen LogP contribution in [0.5, 0.6) is 5.75 Å². The van der Waals surface area contributed by atoms with Gasteiger partial charge in [0.05, 0.1) is 18.2 Å². The van der Waals surface area contributed by atoms with Crippen LogP contribution < -0.4 is 0 Å². The zero-order chi connectivity index (χ0) is 15.2. The molecule has 0 saturated carbocycles. The van der Waals surface area contributed by atoms with Crippen LogP contribution in [0.2, 0.25) is 0 Å². The smallest absolute Gasteiger partial charge is 0.232 e. The molecule has 21 heavy (non-hydrogen) atoms. The fourth-order valence-electron chi connectivity index (χ4n) is 1.97. The molecule has 108 valence electrons. The Morgan fingerprint density at radius 2 is 2.00 bits per heavy atom. The number of nitriles is 1. The van der Waals surface area contributed by atoms with Crippen molar-refractivity contribution in [2.45, 2.75) is 11.3 Å². The molecule has 0 radical (unpaired) electrons. The van der Waals surface area contributed by atoms with Crippen molar-refractivity contribution >= 4 is 28.4 Å². The van der Waals surface area contributed by atoms with E-state index in [9.17, 15) is 9.90 Å². The molecule has 5 heteroatoms. The van der Waals surface area contributed by atoms with E-state index in [4.69, 9.17) is 5.26 Å². The molecule has 0 fully saturated rings. The summed E-state index contributed by atoms with van der Waals surface area (Å²) in [5, 5.41) is 20.1. The molecule has 0 unspecified atom stereocenters. The van der Waals surface area contributed by atoms with Crippen molar-refractivity contribution < 1.29 is 9.90 Å². The third kappa shape index (κ3) is 3.67. The quantitative estimate of drug-likeness (QED) is 0.862. The average molecular weight is 300 g/mol. The fourth-order valence-corrected chi connectivity index (χ4v) is 2.97. The van der Waals surface area contributed by atoms with Gasteiger partial charge in [-0.15, -0.1) is 11.8 Å². The topological polar surface area (TPSA) is 64.3 Å². The lowest BCUT2D eigenvalue weighted by molar-refractivity contribution is -0.127. The third-order valence-electron chi connectivity index (χ3n) is 3.20. The highest BCUT2D eigenvalue weighted by Gasteiger charge is 2.11. The standard InChI is InChI=1S/C16H16N2O2S/c1-18(10-4-9-17)16(20)11-21-15-8-7-14(19)12-5-2-3-6-13(12)15/h2-3,5-8,19H,4,10-11H2,1H3. The normalized spacial score (nSPS) is 10.3. The molecule has 0 bridgehead atoms. The van der Waals surface area contributed by atoms with Gasteiger partial charge in [0.1, 0.15) is 5.75 Å². The van der Waals surface area contributed by atoms with Gasteiger partial charge >= 0.3 is 0 Å². The number of benzene rings is 2. The number of hydrogen-bond acceptors (Lipinski definition) is 4. The van der Waals surface area contributed by atoms with E-state index >= 15 is 0 Å². The number of thioether (sulfide) groups is 1. The fraction of sp³-hybridized carbons (Fsp3) is 0.250. The van der Waals surface area contributed by atoms with Gasteiger partial charge in [-0.1, -0.05) is 24.3 Å². The first-order valence-electron chi connectivity index (χ1n) is 6.58. The van der Waals surface area contributed by atoms with Gasteiger partial charge in [-0.2, -0.15) is 5.26 Å². The Balaban J connectivity index is 2.09. The number of aromatic hydroxyl groups is 1. The first kappa shape index (κ1) is 15.2. The Morgan fingerprint density at radius 1 is 1.29 bits per heavy atom. The number of hydrogen-bond donors (Lipinski definition) is 1. The molecule has 0 aliphatic heterocycles. The lowest BCUT2D eigenvalue weighted by Gasteiger charge is -2.15. The summed E-state index contributed by atoms with van der Waals surface area (Å²) in [6.07, 6.45) is 0.342. The molecule has 2 rings (SSSR count). The summed E-state index contributed by atoms with van der Waals surface area (Å²) in [6, 6.07) is 13.1. The summed E-state index contributed by atoms with van der Waals surface area (Å²) in [4.78, 5) is 14.5. The van der Waals surface area contributed by atoms with Gasteiger partial charge < -0.3 is 10.0 Å². The number of phenols is 1. The first-order chi connectivity index (χ1) is 10.1. The van der Waals surface area contributed by atoms with Crippen molar-refractivity contribution in [1.29, 1.82) is 5.26 Å². The molecule has 1 N–H and O–H groups in total. The Morgan fingerprint density at radius 3 is 2.71 bits per heavy atom. The molecule has 0 aromatic heterocycles. The number of nitrogens with zero attached hydrogens (tertiary/aromatic N) is 2. The Bertz CT molecular complexity index is 694. The largest absolute Gasteiger partial charge is 0.507 e. The minimum absolute atomic E-state index is 0.00703. The summed E-state index contributed by atoms with van der Waals surface area (Å²) in [5.41, 5.74) is 0. The van der Waals surface area contributed by atoms with Crippen LogP contribution in [0.1, 0.15) is 6.42 Å². The van der Waals surface area contributed by atoms with Crippen LogP contribution >= 0.6 is 11.8 Å². The van der Waals surface area contributed by atoms with E-state index in [1.54, 1.807) is 18.0 Å². The molecule has 0 spiro atoms. The molecular weight excluding hydrogens is 284 g/mol. The zero-order valence-electron chi connectivity index (χ0n) is 11.7. The average Bonchev–Trinajstić information content (AvgIpc) is 2.52. The van der Waals surface area contributed by atoms with E-state index in [0.29, 0.717) is 18.7 Å². The van der Waals surface area contributed by atoms with Crippen molar-refractivity contribution in [3.05, 3.63) is 36.4 Å². The second-order valence-electron chi connectivity index (χ2n) is 4.64. The second-order valence-corrected chi connectivity index (χ2v) is 5.66. The minimum Gasteiger partial charge on any atom is -0.507 e. The summed E-state index contributed by atoms with van der Waals surface area (Å²) in [5.74, 6) is 0.552. The lowest BCUT2D eigenvalue weighted by Crippen LogP contribution is -2.29. The van der Waals surface area contributed by atoms with Crippen molar-refractivity contribution in [1.82, 2.24) is 4.90 Å². The maximum atomic E-state index is 12.0. The third-order valence-corrected chi connectivity index (χ3v) is 4.26. The summed E-state index contributed by atoms with van der Waals surface area (Å²) in [7, 11) is 1.70. The van der Waals surface area contributed by atoms with Crippen molar-refractivity contribution in [2.24, 2.45) is 0 Å². The first-order valence-corrected chi connectivity index (χ1v) is 7.56. The SMILES string of the molecule is CN(CCC#N)C(=O)CSc1ccc(O)c2ccccc12. The molecule has 0 atom stereocenters. The van der Waals surface area contributed by atoms with Gasteiger partial charge in [-0.05, 0) is 17.5 Å². The molecule has 4 nitrogen and oxygen atoms in total. The van der Waals surface area contributed by atoms with Gasteiger partial charge in [0, 0.05) is 23.9 Å². The maximum Gasteiger partial charge on any atom is 0.232 e. The Labute approximate surface area is 128 Å². The molecule has 0 aliphatic rings. The number of fused-ring (bicyclic) bond motifs is 1. The predicted molar refractivity (Wildman–Crippen MR) is 84.2 cm³/mol. The van der Waals surface area contributed by atoms with Crippen LogP contribution in [0, 0.1) is 11.3 Å². The van der Waals surface area contributed by atoms with Crippen LogP contribution in [0.15, 0.2) is 41.3 Å². The highest BCUT2D eigenvalue weighted by atomic mass is 32.2. The summed E-state index contributed by atoms with van der Waals surface area (Å²) >= 11 is 1.44. The highest BCUT2D eigenvalue weighted by molar-refractivity contribution is 8.00. The van der Waals surface area contributed by atoms with Crippen LogP contribution in [0.3, 0.4) is 0 Å². The van der Waals surface area contributed by atoms with E-state index < -0.39 is 0 Å². The van der Waals surface area contributed by atoms with E-state index in [-0.39, 0.29) is 11.7 Å². The molecule has 0 aliphatic carbocycles. The highest BCUT2D eigenvalue weighted by Crippen LogP contribution is 2.33.